The van der Waals surface area contributed by atoms with Crippen LogP contribution in [0.15, 0.2) is 17.1 Å². The third kappa shape index (κ3) is 4.10. The van der Waals surface area contributed by atoms with Crippen molar-refractivity contribution >= 4 is 46.0 Å². The Morgan fingerprint density at radius 1 is 1.44 bits per heavy atom. The second-order valence-electron chi connectivity index (χ2n) is 6.09. The molecule has 2 heterocycles. The number of thioether (sulfide) groups is 1. The highest BCUT2D eigenvalue weighted by atomic mass is 35.5. The summed E-state index contributed by atoms with van der Waals surface area (Å²) >= 11 is 7.46. The molecule has 0 unspecified atom stereocenters. The molecule has 0 aromatic heterocycles. The molecule has 3 rings (SSSR count). The molecule has 25 heavy (non-hydrogen) atoms. The van der Waals surface area contributed by atoms with Crippen molar-refractivity contribution in [1.82, 2.24) is 4.90 Å². The number of aliphatic imine (C=N–C) groups is 1. The number of carbonyl (C=O) groups excluding carboxylic acids is 2. The van der Waals surface area contributed by atoms with Crippen LogP contribution >= 0.6 is 23.4 Å². The fourth-order valence-corrected chi connectivity index (χ4v) is 4.12. The lowest BCUT2D eigenvalue weighted by Gasteiger charge is -2.16. The maximum atomic E-state index is 12.4. The molecular weight excluding hydrogens is 362 g/mol. The molecule has 1 fully saturated rings. The summed E-state index contributed by atoms with van der Waals surface area (Å²) in [6.07, 6.45) is 2.32. The number of amidine groups is 1. The van der Waals surface area contributed by atoms with Crippen molar-refractivity contribution in [2.75, 3.05) is 25.5 Å². The Morgan fingerprint density at radius 2 is 2.16 bits per heavy atom. The van der Waals surface area contributed by atoms with Crippen LogP contribution in [0.5, 0.6) is 5.75 Å². The summed E-state index contributed by atoms with van der Waals surface area (Å²) in [4.78, 5) is 30.7. The molecule has 1 saturated heterocycles. The number of halogens is 1. The Morgan fingerprint density at radius 3 is 2.84 bits per heavy atom. The summed E-state index contributed by atoms with van der Waals surface area (Å²) < 4.78 is 5.26. The topological polar surface area (TPSA) is 71.0 Å². The maximum absolute atomic E-state index is 12.4. The van der Waals surface area contributed by atoms with Gasteiger partial charge in [-0.2, -0.15) is 4.99 Å². The first-order chi connectivity index (χ1) is 12.0. The van der Waals surface area contributed by atoms with Gasteiger partial charge in [-0.3, -0.25) is 9.59 Å². The zero-order valence-corrected chi connectivity index (χ0v) is 15.7. The van der Waals surface area contributed by atoms with E-state index in [1.165, 1.54) is 18.9 Å². The predicted octanol–water partition coefficient (Wildman–Crippen LogP) is 3.08. The third-order valence-electron chi connectivity index (χ3n) is 4.23. The van der Waals surface area contributed by atoms with E-state index in [0.717, 1.165) is 36.7 Å². The number of rotatable bonds is 4. The van der Waals surface area contributed by atoms with Crippen LogP contribution in [-0.4, -0.2) is 47.3 Å². The van der Waals surface area contributed by atoms with Crippen LogP contribution in [0.2, 0.25) is 5.02 Å². The second-order valence-corrected chi connectivity index (χ2v) is 7.66. The van der Waals surface area contributed by atoms with Crippen LogP contribution in [0, 0.1) is 6.92 Å². The van der Waals surface area contributed by atoms with E-state index in [1.807, 2.05) is 6.92 Å². The van der Waals surface area contributed by atoms with Gasteiger partial charge in [0.15, 0.2) is 5.17 Å². The van der Waals surface area contributed by atoms with Crippen molar-refractivity contribution < 1.29 is 14.3 Å². The Balaban J connectivity index is 1.62. The van der Waals surface area contributed by atoms with E-state index < -0.39 is 5.25 Å². The lowest BCUT2D eigenvalue weighted by molar-refractivity contribution is -0.121. The van der Waals surface area contributed by atoms with Gasteiger partial charge in [0.1, 0.15) is 11.0 Å². The van der Waals surface area contributed by atoms with Crippen molar-refractivity contribution in [3.8, 4) is 5.75 Å². The van der Waals surface area contributed by atoms with Gasteiger partial charge in [-0.15, -0.1) is 0 Å². The number of ether oxygens (including phenoxy) is 1. The zero-order chi connectivity index (χ0) is 18.0. The van der Waals surface area contributed by atoms with Gasteiger partial charge >= 0.3 is 0 Å². The molecule has 0 radical (unpaired) electrons. The molecule has 134 valence electrons. The Kier molecular flexibility index (Phi) is 5.54. The Bertz CT molecular complexity index is 732. The summed E-state index contributed by atoms with van der Waals surface area (Å²) in [5.41, 5.74) is 1.38. The number of amides is 2. The van der Waals surface area contributed by atoms with Crippen LogP contribution in [0.25, 0.3) is 0 Å². The molecule has 2 amide bonds. The first-order valence-electron chi connectivity index (χ1n) is 8.16. The third-order valence-corrected chi connectivity index (χ3v) is 5.85. The molecule has 1 N–H and O–H groups in total. The summed E-state index contributed by atoms with van der Waals surface area (Å²) in [6.45, 7) is 3.71. The molecule has 1 aromatic rings. The molecule has 2 aliphatic heterocycles. The number of methoxy groups -OCH3 is 1. The molecule has 0 aliphatic carbocycles. The van der Waals surface area contributed by atoms with Gasteiger partial charge in [-0.05, 0) is 31.4 Å². The van der Waals surface area contributed by atoms with E-state index in [4.69, 9.17) is 16.3 Å². The van der Waals surface area contributed by atoms with Gasteiger partial charge in [0, 0.05) is 30.6 Å². The van der Waals surface area contributed by atoms with Gasteiger partial charge < -0.3 is 15.0 Å². The van der Waals surface area contributed by atoms with E-state index >= 15 is 0 Å². The first kappa shape index (κ1) is 18.1. The number of aryl methyl sites for hydroxylation is 1. The second kappa shape index (κ2) is 7.66. The molecule has 0 bridgehead atoms. The molecule has 0 saturated carbocycles. The minimum absolute atomic E-state index is 0.0785. The quantitative estimate of drug-likeness (QED) is 0.867. The molecule has 0 spiro atoms. The molecule has 1 atom stereocenters. The van der Waals surface area contributed by atoms with Crippen LogP contribution in [0.4, 0.5) is 5.69 Å². The van der Waals surface area contributed by atoms with Crippen molar-refractivity contribution in [3.05, 3.63) is 22.7 Å². The highest BCUT2D eigenvalue weighted by Crippen LogP contribution is 2.32. The van der Waals surface area contributed by atoms with Gasteiger partial charge in [-0.1, -0.05) is 23.4 Å². The average Bonchev–Trinajstić information content (AvgIpc) is 3.21. The van der Waals surface area contributed by atoms with E-state index in [-0.39, 0.29) is 18.2 Å². The molecule has 1 aromatic carbocycles. The highest BCUT2D eigenvalue weighted by Gasteiger charge is 2.33. The van der Waals surface area contributed by atoms with E-state index in [1.54, 1.807) is 12.1 Å². The summed E-state index contributed by atoms with van der Waals surface area (Å²) in [5, 5.41) is 3.67. The minimum Gasteiger partial charge on any atom is -0.495 e. The Labute approximate surface area is 156 Å². The molecule has 6 nitrogen and oxygen atoms in total. The van der Waals surface area contributed by atoms with Crippen LogP contribution in [0.3, 0.4) is 0 Å². The zero-order valence-electron chi connectivity index (χ0n) is 14.2. The number of hydrogen-bond donors (Lipinski definition) is 1. The van der Waals surface area contributed by atoms with E-state index in [0.29, 0.717) is 16.5 Å². The standard InChI is InChI=1S/C17H20ClN3O3S/c1-10-7-12(13(24-2)8-11(10)18)19-15(22)9-14-16(23)20-17(25-14)21-5-3-4-6-21/h7-8,14H,3-6,9H2,1-2H3,(H,19,22)/t14-/m0/s1. The van der Waals surface area contributed by atoms with Crippen molar-refractivity contribution in [3.63, 3.8) is 0 Å². The minimum atomic E-state index is -0.463. The fourth-order valence-electron chi connectivity index (χ4n) is 2.85. The van der Waals surface area contributed by atoms with Gasteiger partial charge in [0.2, 0.25) is 5.91 Å². The molecular formula is C17H20ClN3O3S. The normalized spacial score (nSPS) is 20.0. The van der Waals surface area contributed by atoms with Gasteiger partial charge in [-0.25, -0.2) is 0 Å². The SMILES string of the molecule is COc1cc(Cl)c(C)cc1NC(=O)C[C@@H]1SC(N2CCCC2)=NC1=O. The van der Waals surface area contributed by atoms with Crippen LogP contribution < -0.4 is 10.1 Å². The average molecular weight is 382 g/mol. The van der Waals surface area contributed by atoms with Crippen molar-refractivity contribution in [2.45, 2.75) is 31.4 Å². The van der Waals surface area contributed by atoms with E-state index in [2.05, 4.69) is 15.2 Å². The lowest BCUT2D eigenvalue weighted by atomic mass is 10.2. The number of benzene rings is 1. The van der Waals surface area contributed by atoms with Gasteiger partial charge in [0.05, 0.1) is 12.8 Å². The predicted molar refractivity (Wildman–Crippen MR) is 101 cm³/mol. The molecule has 8 heteroatoms. The lowest BCUT2D eigenvalue weighted by Crippen LogP contribution is -2.25. The number of hydrogen-bond acceptors (Lipinski definition) is 5. The monoisotopic (exact) mass is 381 g/mol. The largest absolute Gasteiger partial charge is 0.495 e. The fraction of sp³-hybridized carbons (Fsp3) is 0.471. The maximum Gasteiger partial charge on any atom is 0.262 e. The number of nitrogens with one attached hydrogen (secondary N) is 1. The van der Waals surface area contributed by atoms with Crippen molar-refractivity contribution in [1.29, 1.82) is 0 Å². The number of nitrogens with zero attached hydrogens (tertiary/aromatic N) is 2. The first-order valence-corrected chi connectivity index (χ1v) is 9.42. The number of anilines is 1. The van der Waals surface area contributed by atoms with Gasteiger partial charge in [0.25, 0.3) is 5.91 Å². The number of likely N-dealkylation sites (tertiary alicyclic amines) is 1. The Hall–Kier alpha value is -1.73. The van der Waals surface area contributed by atoms with Crippen LogP contribution in [0.1, 0.15) is 24.8 Å². The smallest absolute Gasteiger partial charge is 0.262 e. The highest BCUT2D eigenvalue weighted by molar-refractivity contribution is 8.15. The van der Waals surface area contributed by atoms with Crippen LogP contribution in [-0.2, 0) is 9.59 Å². The number of carbonyl (C=O) groups is 2. The van der Waals surface area contributed by atoms with Crippen molar-refractivity contribution in [2.24, 2.45) is 4.99 Å². The van der Waals surface area contributed by atoms with E-state index in [9.17, 15) is 9.59 Å². The summed E-state index contributed by atoms with van der Waals surface area (Å²) in [7, 11) is 1.52. The molecule has 2 aliphatic rings. The summed E-state index contributed by atoms with van der Waals surface area (Å²) in [5.74, 6) is 0.00778. The summed E-state index contributed by atoms with van der Waals surface area (Å²) in [6, 6.07) is 3.42.